The Labute approximate surface area is 124 Å². The maximum Gasteiger partial charge on any atom is 0.313 e. The number of nitrogens with one attached hydrogen (secondary N) is 1. The minimum absolute atomic E-state index is 0.342. The van der Waals surface area contributed by atoms with E-state index >= 15 is 0 Å². The molecule has 0 aliphatic heterocycles. The van der Waals surface area contributed by atoms with Crippen LogP contribution in [0, 0.1) is 0 Å². The van der Waals surface area contributed by atoms with E-state index in [0.29, 0.717) is 29.5 Å². The second-order valence-electron chi connectivity index (χ2n) is 4.48. The molecule has 5 nitrogen and oxygen atoms in total. The van der Waals surface area contributed by atoms with E-state index in [2.05, 4.69) is 5.32 Å². The summed E-state index contributed by atoms with van der Waals surface area (Å²) < 4.78 is 0. The largest absolute Gasteiger partial charge is 0.398 e. The summed E-state index contributed by atoms with van der Waals surface area (Å²) >= 11 is 5.87. The van der Waals surface area contributed by atoms with Crippen LogP contribution in [0.25, 0.3) is 0 Å². The van der Waals surface area contributed by atoms with Crippen LogP contribution in [0.2, 0.25) is 5.02 Å². The van der Waals surface area contributed by atoms with Gasteiger partial charge >= 0.3 is 11.8 Å². The highest BCUT2D eigenvalue weighted by Gasteiger charge is 2.20. The lowest BCUT2D eigenvalue weighted by atomic mass is 10.2. The maximum atomic E-state index is 12.0. The van der Waals surface area contributed by atoms with Crippen molar-refractivity contribution in [1.82, 2.24) is 4.90 Å². The Bertz CT molecular complexity index is 485. The van der Waals surface area contributed by atoms with Crippen molar-refractivity contribution in [2.75, 3.05) is 24.1 Å². The number of anilines is 2. The zero-order valence-corrected chi connectivity index (χ0v) is 12.5. The molecule has 0 unspecified atom stereocenters. The molecule has 0 fully saturated rings. The van der Waals surface area contributed by atoms with Crippen molar-refractivity contribution >= 4 is 34.8 Å². The molecule has 6 heteroatoms. The van der Waals surface area contributed by atoms with E-state index in [1.165, 1.54) is 6.07 Å². The van der Waals surface area contributed by atoms with Gasteiger partial charge < -0.3 is 16.0 Å². The lowest BCUT2D eigenvalue weighted by Crippen LogP contribution is -2.40. The number of nitrogens with two attached hydrogens (primary N) is 1. The van der Waals surface area contributed by atoms with E-state index in [0.717, 1.165) is 12.8 Å². The molecule has 3 N–H and O–H groups in total. The number of nitrogens with zero attached hydrogens (tertiary/aromatic N) is 1. The van der Waals surface area contributed by atoms with Crippen LogP contribution in [-0.2, 0) is 9.59 Å². The number of carbonyl (C=O) groups excluding carboxylic acids is 2. The quantitative estimate of drug-likeness (QED) is 0.648. The highest BCUT2D eigenvalue weighted by Crippen LogP contribution is 2.22. The van der Waals surface area contributed by atoms with Crippen LogP contribution in [0.5, 0.6) is 0 Å². The Morgan fingerprint density at radius 2 is 1.85 bits per heavy atom. The topological polar surface area (TPSA) is 75.4 Å². The fourth-order valence-electron chi connectivity index (χ4n) is 1.79. The van der Waals surface area contributed by atoms with Crippen molar-refractivity contribution < 1.29 is 9.59 Å². The second-order valence-corrected chi connectivity index (χ2v) is 4.89. The van der Waals surface area contributed by atoms with Crippen molar-refractivity contribution in [2.24, 2.45) is 0 Å². The summed E-state index contributed by atoms with van der Waals surface area (Å²) in [5.41, 5.74) is 6.47. The average molecular weight is 298 g/mol. The molecule has 2 amide bonds. The Balaban J connectivity index is 2.73. The Hall–Kier alpha value is -1.75. The zero-order chi connectivity index (χ0) is 15.1. The van der Waals surface area contributed by atoms with Gasteiger partial charge in [-0.15, -0.1) is 0 Å². The van der Waals surface area contributed by atoms with Crippen molar-refractivity contribution in [3.63, 3.8) is 0 Å². The minimum Gasteiger partial charge on any atom is -0.398 e. The minimum atomic E-state index is -0.660. The summed E-state index contributed by atoms with van der Waals surface area (Å²) in [6, 6.07) is 4.71. The standard InChI is InChI=1S/C14H20ClN3O2/c1-3-7-18(8-4-2)14(20)13(19)17-10-5-6-12(16)11(15)9-10/h5-6,9H,3-4,7-8,16H2,1-2H3,(H,17,19). The van der Waals surface area contributed by atoms with Gasteiger partial charge in [-0.1, -0.05) is 25.4 Å². The number of benzene rings is 1. The molecular formula is C14H20ClN3O2. The van der Waals surface area contributed by atoms with E-state index in [9.17, 15) is 9.59 Å². The van der Waals surface area contributed by atoms with Crippen LogP contribution in [0.3, 0.4) is 0 Å². The van der Waals surface area contributed by atoms with Gasteiger partial charge in [0, 0.05) is 18.8 Å². The Morgan fingerprint density at radius 1 is 1.25 bits per heavy atom. The molecule has 0 radical (unpaired) electrons. The lowest BCUT2D eigenvalue weighted by molar-refractivity contribution is -0.143. The molecule has 0 aromatic heterocycles. The van der Waals surface area contributed by atoms with E-state index in [-0.39, 0.29) is 0 Å². The molecule has 0 spiro atoms. The van der Waals surface area contributed by atoms with E-state index < -0.39 is 11.8 Å². The molecule has 110 valence electrons. The fraction of sp³-hybridized carbons (Fsp3) is 0.429. The predicted molar refractivity (Wildman–Crippen MR) is 81.7 cm³/mol. The van der Waals surface area contributed by atoms with Gasteiger partial charge in [-0.05, 0) is 31.0 Å². The smallest absolute Gasteiger partial charge is 0.313 e. The summed E-state index contributed by atoms with van der Waals surface area (Å²) in [6.07, 6.45) is 1.62. The first-order valence-electron chi connectivity index (χ1n) is 6.64. The zero-order valence-electron chi connectivity index (χ0n) is 11.8. The first-order chi connectivity index (χ1) is 9.49. The summed E-state index contributed by atoms with van der Waals surface area (Å²) in [6.45, 7) is 5.08. The maximum absolute atomic E-state index is 12.0. The molecule has 0 heterocycles. The van der Waals surface area contributed by atoms with Gasteiger partial charge in [-0.2, -0.15) is 0 Å². The van der Waals surface area contributed by atoms with Gasteiger partial charge in [-0.25, -0.2) is 0 Å². The van der Waals surface area contributed by atoms with Crippen molar-refractivity contribution in [3.05, 3.63) is 23.2 Å². The molecule has 0 saturated heterocycles. The molecule has 0 bridgehead atoms. The highest BCUT2D eigenvalue weighted by molar-refractivity contribution is 6.40. The number of hydrogen-bond acceptors (Lipinski definition) is 3. The second kappa shape index (κ2) is 7.75. The normalized spacial score (nSPS) is 10.2. The number of hydrogen-bond donors (Lipinski definition) is 2. The molecule has 0 saturated carbocycles. The number of amides is 2. The highest BCUT2D eigenvalue weighted by atomic mass is 35.5. The average Bonchev–Trinajstić information content (AvgIpc) is 2.42. The molecule has 0 aliphatic carbocycles. The Kier molecular flexibility index (Phi) is 6.31. The summed E-state index contributed by atoms with van der Waals surface area (Å²) in [4.78, 5) is 25.5. The fourth-order valence-corrected chi connectivity index (χ4v) is 1.97. The van der Waals surface area contributed by atoms with Gasteiger partial charge in [0.1, 0.15) is 0 Å². The van der Waals surface area contributed by atoms with Crippen molar-refractivity contribution in [1.29, 1.82) is 0 Å². The first-order valence-corrected chi connectivity index (χ1v) is 7.02. The van der Waals surface area contributed by atoms with Gasteiger partial charge in [0.05, 0.1) is 10.7 Å². The van der Waals surface area contributed by atoms with Crippen molar-refractivity contribution in [3.8, 4) is 0 Å². The molecule has 0 aliphatic rings. The molecule has 20 heavy (non-hydrogen) atoms. The monoisotopic (exact) mass is 297 g/mol. The van der Waals surface area contributed by atoms with E-state index in [1.807, 2.05) is 13.8 Å². The van der Waals surface area contributed by atoms with Gasteiger partial charge in [0.25, 0.3) is 0 Å². The van der Waals surface area contributed by atoms with Gasteiger partial charge in [0.2, 0.25) is 0 Å². The molecular weight excluding hydrogens is 278 g/mol. The number of nitrogen functional groups attached to an aromatic ring is 1. The van der Waals surface area contributed by atoms with Gasteiger partial charge in [0.15, 0.2) is 0 Å². The molecule has 1 aromatic carbocycles. The number of carbonyl (C=O) groups is 2. The summed E-state index contributed by atoms with van der Waals surface area (Å²) in [5.74, 6) is -1.19. The molecule has 0 atom stereocenters. The van der Waals surface area contributed by atoms with Crippen LogP contribution in [-0.4, -0.2) is 29.8 Å². The summed E-state index contributed by atoms with van der Waals surface area (Å²) in [7, 11) is 0. The van der Waals surface area contributed by atoms with E-state index in [1.54, 1.807) is 17.0 Å². The lowest BCUT2D eigenvalue weighted by Gasteiger charge is -2.20. The van der Waals surface area contributed by atoms with E-state index in [4.69, 9.17) is 17.3 Å². The van der Waals surface area contributed by atoms with Crippen LogP contribution in [0.1, 0.15) is 26.7 Å². The summed E-state index contributed by atoms with van der Waals surface area (Å²) in [5, 5.41) is 2.88. The number of halogens is 1. The third kappa shape index (κ3) is 4.42. The van der Waals surface area contributed by atoms with Crippen LogP contribution < -0.4 is 11.1 Å². The third-order valence-corrected chi connectivity index (χ3v) is 3.05. The first kappa shape index (κ1) is 16.3. The van der Waals surface area contributed by atoms with Crippen molar-refractivity contribution in [2.45, 2.75) is 26.7 Å². The van der Waals surface area contributed by atoms with Crippen LogP contribution in [0.4, 0.5) is 11.4 Å². The predicted octanol–water partition coefficient (Wildman–Crippen LogP) is 2.51. The molecule has 1 aromatic rings. The van der Waals surface area contributed by atoms with Crippen LogP contribution in [0.15, 0.2) is 18.2 Å². The third-order valence-electron chi connectivity index (χ3n) is 2.73. The molecule has 1 rings (SSSR count). The van der Waals surface area contributed by atoms with Crippen LogP contribution >= 0.6 is 11.6 Å². The number of rotatable bonds is 5. The Morgan fingerprint density at radius 3 is 2.35 bits per heavy atom. The van der Waals surface area contributed by atoms with Gasteiger partial charge in [-0.3, -0.25) is 9.59 Å². The SMILES string of the molecule is CCCN(CCC)C(=O)C(=O)Nc1ccc(N)c(Cl)c1.